The van der Waals surface area contributed by atoms with Crippen LogP contribution in [0, 0.1) is 5.92 Å². The number of hydrogen-bond donors (Lipinski definition) is 1. The topological polar surface area (TPSA) is 63.6 Å². The van der Waals surface area contributed by atoms with Crippen LogP contribution in [-0.2, 0) is 16.1 Å². The third kappa shape index (κ3) is 4.07. The number of alkyl halides is 2. The van der Waals surface area contributed by atoms with Crippen molar-refractivity contribution in [1.82, 2.24) is 9.47 Å². The molecular formula is C27H27F2N3O3. The van der Waals surface area contributed by atoms with Gasteiger partial charge in [0.2, 0.25) is 5.91 Å². The summed E-state index contributed by atoms with van der Waals surface area (Å²) in [5, 5.41) is 4.41. The Labute approximate surface area is 202 Å². The van der Waals surface area contributed by atoms with E-state index >= 15 is 0 Å². The Morgan fingerprint density at radius 1 is 1.20 bits per heavy atom. The quantitative estimate of drug-likeness (QED) is 0.508. The zero-order valence-corrected chi connectivity index (χ0v) is 19.8. The van der Waals surface area contributed by atoms with E-state index in [1.54, 1.807) is 12.1 Å². The van der Waals surface area contributed by atoms with Gasteiger partial charge in [0, 0.05) is 42.4 Å². The Morgan fingerprint density at radius 3 is 2.69 bits per heavy atom. The van der Waals surface area contributed by atoms with Gasteiger partial charge in [-0.25, -0.2) is 0 Å². The van der Waals surface area contributed by atoms with Crippen molar-refractivity contribution >= 4 is 28.4 Å². The van der Waals surface area contributed by atoms with Crippen LogP contribution in [0.25, 0.3) is 10.9 Å². The summed E-state index contributed by atoms with van der Waals surface area (Å²) >= 11 is 0. The molecule has 0 radical (unpaired) electrons. The number of amides is 2. The standard InChI is InChI=1S/C27H27F2N3O3/c1-15(2)10-11-31-13-19-23(17-6-4-7-18(12-17)35-27(28)29)25-21(14-32(16(3)33)26(25)34)30-20-8-5-9-22(31)24(19)20/h4-9,12-13,15,23,27,30H,10-11,14H2,1-3H3/t23-/m1/s1. The highest BCUT2D eigenvalue weighted by molar-refractivity contribution is 6.11. The fourth-order valence-corrected chi connectivity index (χ4v) is 5.07. The van der Waals surface area contributed by atoms with Crippen LogP contribution < -0.4 is 10.1 Å². The minimum atomic E-state index is -2.96. The minimum Gasteiger partial charge on any atom is -0.435 e. The van der Waals surface area contributed by atoms with Crippen LogP contribution in [-0.4, -0.2) is 34.4 Å². The van der Waals surface area contributed by atoms with Gasteiger partial charge in [0.25, 0.3) is 5.91 Å². The molecule has 3 heterocycles. The van der Waals surface area contributed by atoms with Crippen LogP contribution in [0.4, 0.5) is 14.5 Å². The van der Waals surface area contributed by atoms with E-state index in [2.05, 4.69) is 40.7 Å². The van der Waals surface area contributed by atoms with Gasteiger partial charge in [-0.05, 0) is 47.7 Å². The molecule has 2 aromatic carbocycles. The zero-order valence-electron chi connectivity index (χ0n) is 19.8. The molecule has 0 saturated carbocycles. The van der Waals surface area contributed by atoms with Crippen molar-refractivity contribution in [2.24, 2.45) is 5.92 Å². The Bertz CT molecular complexity index is 1360. The summed E-state index contributed by atoms with van der Waals surface area (Å²) in [6, 6.07) is 12.5. The smallest absolute Gasteiger partial charge is 0.387 e. The second kappa shape index (κ2) is 8.83. The number of carbonyl (C=O) groups is 2. The Morgan fingerprint density at radius 2 is 1.97 bits per heavy atom. The molecule has 2 aliphatic rings. The number of rotatable bonds is 6. The second-order valence-electron chi connectivity index (χ2n) is 9.47. The lowest BCUT2D eigenvalue weighted by atomic mass is 9.84. The SMILES string of the molecule is CC(=O)N1CC2=C(C1=O)[C@H](c1cccc(OC(F)F)c1)c1cn(CCC(C)C)c3cccc(c13)N2. The highest BCUT2D eigenvalue weighted by Crippen LogP contribution is 2.47. The molecule has 6 nitrogen and oxygen atoms in total. The Kier molecular flexibility index (Phi) is 5.83. The molecule has 0 unspecified atom stereocenters. The van der Waals surface area contributed by atoms with Crippen LogP contribution in [0.1, 0.15) is 44.2 Å². The average Bonchev–Trinajstić information content (AvgIpc) is 3.27. The van der Waals surface area contributed by atoms with Crippen LogP contribution >= 0.6 is 0 Å². The minimum absolute atomic E-state index is 0.0227. The molecular weight excluding hydrogens is 452 g/mol. The average molecular weight is 480 g/mol. The molecule has 0 aliphatic carbocycles. The van der Waals surface area contributed by atoms with Gasteiger partial charge in [-0.2, -0.15) is 8.78 Å². The van der Waals surface area contributed by atoms with E-state index in [1.165, 1.54) is 17.9 Å². The van der Waals surface area contributed by atoms with Crippen molar-refractivity contribution in [3.05, 3.63) is 71.1 Å². The number of ether oxygens (including phenoxy) is 1. The Hall–Kier alpha value is -3.68. The molecule has 0 bridgehead atoms. The largest absolute Gasteiger partial charge is 0.435 e. The van der Waals surface area contributed by atoms with Crippen LogP contribution in [0.5, 0.6) is 5.75 Å². The summed E-state index contributed by atoms with van der Waals surface area (Å²) < 4.78 is 32.8. The van der Waals surface area contributed by atoms with Crippen LogP contribution in [0.3, 0.4) is 0 Å². The fraction of sp³-hybridized carbons (Fsp3) is 0.333. The summed E-state index contributed by atoms with van der Waals surface area (Å²) in [4.78, 5) is 27.0. The molecule has 3 aromatic rings. The van der Waals surface area contributed by atoms with Crippen molar-refractivity contribution < 1.29 is 23.1 Å². The molecule has 0 saturated heterocycles. The van der Waals surface area contributed by atoms with Gasteiger partial charge in [-0.1, -0.05) is 32.0 Å². The lowest BCUT2D eigenvalue weighted by Crippen LogP contribution is -2.33. The van der Waals surface area contributed by atoms with E-state index in [4.69, 9.17) is 0 Å². The Balaban J connectivity index is 1.73. The van der Waals surface area contributed by atoms with Crippen LogP contribution in [0.15, 0.2) is 59.9 Å². The highest BCUT2D eigenvalue weighted by Gasteiger charge is 2.41. The lowest BCUT2D eigenvalue weighted by Gasteiger charge is -2.20. The number of nitrogens with zero attached hydrogens (tertiary/aromatic N) is 2. The molecule has 182 valence electrons. The van der Waals surface area contributed by atoms with E-state index in [1.807, 2.05) is 18.2 Å². The van der Waals surface area contributed by atoms with Gasteiger partial charge >= 0.3 is 6.61 Å². The summed E-state index contributed by atoms with van der Waals surface area (Å²) in [5.41, 5.74) is 4.53. The summed E-state index contributed by atoms with van der Waals surface area (Å²) in [6.45, 7) is 3.70. The highest BCUT2D eigenvalue weighted by atomic mass is 19.3. The summed E-state index contributed by atoms with van der Waals surface area (Å²) in [7, 11) is 0. The number of halogens is 2. The molecule has 8 heteroatoms. The first-order valence-electron chi connectivity index (χ1n) is 11.7. The van der Waals surface area contributed by atoms with Crippen molar-refractivity contribution in [3.8, 4) is 5.75 Å². The number of carbonyl (C=O) groups excluding carboxylic acids is 2. The number of aryl methyl sites for hydroxylation is 1. The normalized spacial score (nSPS) is 17.3. The number of anilines is 1. The third-order valence-electron chi connectivity index (χ3n) is 6.68. The number of imide groups is 1. The van der Waals surface area contributed by atoms with E-state index in [0.717, 1.165) is 35.1 Å². The predicted octanol–water partition coefficient (Wildman–Crippen LogP) is 5.49. The van der Waals surface area contributed by atoms with Crippen LogP contribution in [0.2, 0.25) is 0 Å². The molecule has 2 amide bonds. The van der Waals surface area contributed by atoms with Crippen molar-refractivity contribution in [1.29, 1.82) is 0 Å². The monoisotopic (exact) mass is 479 g/mol. The molecule has 5 rings (SSSR count). The zero-order chi connectivity index (χ0) is 24.9. The maximum Gasteiger partial charge on any atom is 0.387 e. The molecule has 1 N–H and O–H groups in total. The maximum atomic E-state index is 13.5. The van der Waals surface area contributed by atoms with E-state index in [-0.39, 0.29) is 24.1 Å². The van der Waals surface area contributed by atoms with Gasteiger partial charge in [0.05, 0.1) is 17.6 Å². The van der Waals surface area contributed by atoms with Gasteiger partial charge in [-0.3, -0.25) is 14.5 Å². The first-order valence-corrected chi connectivity index (χ1v) is 11.7. The van der Waals surface area contributed by atoms with Gasteiger partial charge in [0.15, 0.2) is 0 Å². The summed E-state index contributed by atoms with van der Waals surface area (Å²) in [6.07, 6.45) is 3.04. The fourth-order valence-electron chi connectivity index (χ4n) is 5.07. The maximum absolute atomic E-state index is 13.5. The van der Waals surface area contributed by atoms with Gasteiger partial charge in [0.1, 0.15) is 5.75 Å². The molecule has 0 spiro atoms. The van der Waals surface area contributed by atoms with Crippen molar-refractivity contribution in [2.75, 3.05) is 11.9 Å². The van der Waals surface area contributed by atoms with Crippen molar-refractivity contribution in [2.45, 2.75) is 46.3 Å². The molecule has 1 aromatic heterocycles. The molecule has 0 fully saturated rings. The molecule has 2 aliphatic heterocycles. The first kappa shape index (κ1) is 23.1. The van der Waals surface area contributed by atoms with E-state index in [9.17, 15) is 18.4 Å². The molecule has 1 atom stereocenters. The number of hydrogen-bond acceptors (Lipinski definition) is 4. The first-order chi connectivity index (χ1) is 16.7. The van der Waals surface area contributed by atoms with E-state index in [0.29, 0.717) is 22.8 Å². The predicted molar refractivity (Wildman–Crippen MR) is 129 cm³/mol. The van der Waals surface area contributed by atoms with Crippen molar-refractivity contribution in [3.63, 3.8) is 0 Å². The third-order valence-corrected chi connectivity index (χ3v) is 6.68. The molecule has 35 heavy (non-hydrogen) atoms. The van der Waals surface area contributed by atoms with E-state index < -0.39 is 12.5 Å². The summed E-state index contributed by atoms with van der Waals surface area (Å²) in [5.74, 6) is -0.733. The second-order valence-corrected chi connectivity index (χ2v) is 9.47. The number of nitrogens with one attached hydrogen (secondary N) is 1. The van der Waals surface area contributed by atoms with Gasteiger partial charge in [-0.15, -0.1) is 0 Å². The number of benzene rings is 2. The van der Waals surface area contributed by atoms with Gasteiger partial charge < -0.3 is 14.6 Å². The lowest BCUT2D eigenvalue weighted by molar-refractivity contribution is -0.139. The number of aromatic nitrogens is 1.